The number of ether oxygens (including phenoxy) is 6. The first-order valence-electron chi connectivity index (χ1n) is 17.6. The number of rotatable bonds is 17. The molecule has 8 heteroatoms. The average Bonchev–Trinajstić information content (AvgIpc) is 3.20. The fourth-order valence-electron chi connectivity index (χ4n) is 5.68. The second-order valence-electron chi connectivity index (χ2n) is 12.8. The Morgan fingerprint density at radius 3 is 1.41 bits per heavy atom. The molecule has 2 atom stereocenters. The highest BCUT2D eigenvalue weighted by molar-refractivity contribution is 5.89. The SMILES string of the molecule is C=C(C)C(=O)OC(COc1ccc(-c2ccccc2OCC(COc2cccc3ccccc23)OC(=O)C(=C)C)cc1)COc1cccc2ccccc12. The molecular weight excluding hydrogens is 680 g/mol. The molecule has 0 heterocycles. The summed E-state index contributed by atoms with van der Waals surface area (Å²) in [6.45, 7) is 10.9. The fourth-order valence-corrected chi connectivity index (χ4v) is 5.68. The molecule has 0 aliphatic heterocycles. The Kier molecular flexibility index (Phi) is 12.3. The van der Waals surface area contributed by atoms with E-state index in [0.29, 0.717) is 23.0 Å². The van der Waals surface area contributed by atoms with Crippen molar-refractivity contribution in [2.75, 3.05) is 26.4 Å². The van der Waals surface area contributed by atoms with E-state index in [9.17, 15) is 9.59 Å². The van der Waals surface area contributed by atoms with Crippen molar-refractivity contribution in [1.29, 1.82) is 0 Å². The summed E-state index contributed by atoms with van der Waals surface area (Å²) < 4.78 is 36.0. The van der Waals surface area contributed by atoms with Gasteiger partial charge in [0.2, 0.25) is 0 Å². The minimum absolute atomic E-state index is 0.0487. The zero-order chi connectivity index (χ0) is 37.9. The second kappa shape index (κ2) is 17.8. The molecule has 0 radical (unpaired) electrons. The Labute approximate surface area is 315 Å². The molecule has 0 saturated carbocycles. The largest absolute Gasteiger partial charge is 0.490 e. The van der Waals surface area contributed by atoms with Crippen LogP contribution in [0, 0.1) is 0 Å². The number of carbonyl (C=O) groups excluding carboxylic acids is 2. The van der Waals surface area contributed by atoms with Crippen LogP contribution >= 0.6 is 0 Å². The summed E-state index contributed by atoms with van der Waals surface area (Å²) in [5, 5.41) is 4.01. The summed E-state index contributed by atoms with van der Waals surface area (Å²) in [4.78, 5) is 25.0. The number of fused-ring (bicyclic) bond motifs is 2. The van der Waals surface area contributed by atoms with Crippen molar-refractivity contribution in [3.05, 3.63) is 158 Å². The molecular formula is C46H42O8. The van der Waals surface area contributed by atoms with Crippen LogP contribution in [0.1, 0.15) is 13.8 Å². The zero-order valence-electron chi connectivity index (χ0n) is 30.4. The number of esters is 2. The summed E-state index contributed by atoms with van der Waals surface area (Å²) in [5.74, 6) is 1.51. The smallest absolute Gasteiger partial charge is 0.333 e. The maximum Gasteiger partial charge on any atom is 0.333 e. The van der Waals surface area contributed by atoms with E-state index >= 15 is 0 Å². The highest BCUT2D eigenvalue weighted by Crippen LogP contribution is 2.32. The van der Waals surface area contributed by atoms with Crippen molar-refractivity contribution in [3.63, 3.8) is 0 Å². The fraction of sp³-hybridized carbons (Fsp3) is 0.174. The van der Waals surface area contributed by atoms with Gasteiger partial charge in [-0.15, -0.1) is 0 Å². The van der Waals surface area contributed by atoms with E-state index in [0.717, 1.165) is 32.7 Å². The monoisotopic (exact) mass is 722 g/mol. The summed E-state index contributed by atoms with van der Waals surface area (Å²) in [6.07, 6.45) is -1.41. The van der Waals surface area contributed by atoms with Gasteiger partial charge in [-0.2, -0.15) is 0 Å². The lowest BCUT2D eigenvalue weighted by molar-refractivity contribution is -0.148. The Bertz CT molecular complexity index is 2250. The van der Waals surface area contributed by atoms with Gasteiger partial charge in [-0.3, -0.25) is 0 Å². The van der Waals surface area contributed by atoms with Crippen LogP contribution < -0.4 is 18.9 Å². The van der Waals surface area contributed by atoms with Gasteiger partial charge in [-0.1, -0.05) is 116 Å². The first kappa shape index (κ1) is 37.2. The van der Waals surface area contributed by atoms with E-state index in [1.54, 1.807) is 13.8 Å². The third-order valence-corrected chi connectivity index (χ3v) is 8.51. The molecule has 0 bridgehead atoms. The van der Waals surface area contributed by atoms with Crippen LogP contribution in [0.4, 0.5) is 0 Å². The second-order valence-corrected chi connectivity index (χ2v) is 12.8. The van der Waals surface area contributed by atoms with E-state index in [-0.39, 0.29) is 37.6 Å². The van der Waals surface area contributed by atoms with Gasteiger partial charge in [-0.05, 0) is 60.5 Å². The van der Waals surface area contributed by atoms with E-state index < -0.39 is 24.1 Å². The van der Waals surface area contributed by atoms with E-state index in [2.05, 4.69) is 13.2 Å². The first-order valence-corrected chi connectivity index (χ1v) is 17.6. The number of carbonyl (C=O) groups is 2. The van der Waals surface area contributed by atoms with Crippen LogP contribution in [-0.4, -0.2) is 50.6 Å². The molecule has 6 rings (SSSR count). The van der Waals surface area contributed by atoms with Crippen molar-refractivity contribution >= 4 is 33.5 Å². The number of hydrogen-bond acceptors (Lipinski definition) is 8. The third-order valence-electron chi connectivity index (χ3n) is 8.51. The minimum atomic E-state index is -0.714. The van der Waals surface area contributed by atoms with E-state index in [1.165, 1.54) is 0 Å². The maximum atomic E-state index is 12.6. The van der Waals surface area contributed by atoms with Crippen LogP contribution in [0.5, 0.6) is 23.0 Å². The molecule has 0 amide bonds. The number of hydrogen-bond donors (Lipinski definition) is 0. The minimum Gasteiger partial charge on any atom is -0.490 e. The Morgan fingerprint density at radius 2 is 0.889 bits per heavy atom. The Balaban J connectivity index is 1.11. The molecule has 0 saturated heterocycles. The molecule has 274 valence electrons. The predicted molar refractivity (Wildman–Crippen MR) is 211 cm³/mol. The van der Waals surface area contributed by atoms with Crippen molar-refractivity contribution < 1.29 is 38.0 Å². The highest BCUT2D eigenvalue weighted by atomic mass is 16.6. The molecule has 0 aromatic heterocycles. The van der Waals surface area contributed by atoms with Crippen LogP contribution in [0.2, 0.25) is 0 Å². The lowest BCUT2D eigenvalue weighted by Crippen LogP contribution is -2.31. The molecule has 6 aromatic rings. The molecule has 0 aliphatic carbocycles. The van der Waals surface area contributed by atoms with Gasteiger partial charge >= 0.3 is 11.9 Å². The average molecular weight is 723 g/mol. The van der Waals surface area contributed by atoms with Gasteiger partial charge in [0, 0.05) is 27.5 Å². The summed E-state index contributed by atoms with van der Waals surface area (Å²) in [6, 6.07) is 42.6. The molecule has 0 spiro atoms. The Hall–Kier alpha value is -6.54. The predicted octanol–water partition coefficient (Wildman–Crippen LogP) is 9.55. The third kappa shape index (κ3) is 9.66. The maximum absolute atomic E-state index is 12.6. The topological polar surface area (TPSA) is 89.5 Å². The van der Waals surface area contributed by atoms with E-state index in [1.807, 2.05) is 133 Å². The lowest BCUT2D eigenvalue weighted by Gasteiger charge is -2.21. The van der Waals surface area contributed by atoms with Gasteiger partial charge in [0.05, 0.1) is 0 Å². The summed E-state index contributed by atoms with van der Waals surface area (Å²) in [5.41, 5.74) is 2.28. The van der Waals surface area contributed by atoms with Gasteiger partial charge in [0.1, 0.15) is 49.4 Å². The standard InChI is InChI=1S/C46H42O8/c1-31(2)45(47)53-37(28-51-43-21-11-15-33-13-5-7-17-39(33)43)27-49-36-25-23-35(24-26-36)41-19-9-10-20-42(41)50-29-38(54-46(48)32(3)4)30-52-44-22-12-16-34-14-6-8-18-40(34)44/h5-26,37-38H,1,3,27-30H2,2,4H3. The van der Waals surface area contributed by atoms with Crippen LogP contribution in [0.3, 0.4) is 0 Å². The van der Waals surface area contributed by atoms with Crippen LogP contribution in [0.25, 0.3) is 32.7 Å². The quantitative estimate of drug-likeness (QED) is 0.0680. The van der Waals surface area contributed by atoms with Gasteiger partial charge in [-0.25, -0.2) is 9.59 Å². The zero-order valence-corrected chi connectivity index (χ0v) is 30.4. The summed E-state index contributed by atoms with van der Waals surface area (Å²) >= 11 is 0. The van der Waals surface area contributed by atoms with Crippen molar-refractivity contribution in [3.8, 4) is 34.1 Å². The molecule has 0 fully saturated rings. The molecule has 2 unspecified atom stereocenters. The molecule has 8 nitrogen and oxygen atoms in total. The number of para-hydroxylation sites is 1. The lowest BCUT2D eigenvalue weighted by atomic mass is 10.0. The molecule has 54 heavy (non-hydrogen) atoms. The Morgan fingerprint density at radius 1 is 0.481 bits per heavy atom. The van der Waals surface area contributed by atoms with E-state index in [4.69, 9.17) is 28.4 Å². The van der Waals surface area contributed by atoms with Crippen LogP contribution in [-0.2, 0) is 19.1 Å². The van der Waals surface area contributed by atoms with Crippen molar-refractivity contribution in [2.45, 2.75) is 26.1 Å². The van der Waals surface area contributed by atoms with Crippen molar-refractivity contribution in [1.82, 2.24) is 0 Å². The molecule has 0 N–H and O–H groups in total. The van der Waals surface area contributed by atoms with Crippen molar-refractivity contribution in [2.24, 2.45) is 0 Å². The van der Waals surface area contributed by atoms with Gasteiger partial charge in [0.25, 0.3) is 0 Å². The highest BCUT2D eigenvalue weighted by Gasteiger charge is 2.20. The normalized spacial score (nSPS) is 12.0. The first-order chi connectivity index (χ1) is 26.2. The van der Waals surface area contributed by atoms with Gasteiger partial charge < -0.3 is 28.4 Å². The molecule has 6 aromatic carbocycles. The molecule has 0 aliphatic rings. The summed E-state index contributed by atoms with van der Waals surface area (Å²) in [7, 11) is 0. The van der Waals surface area contributed by atoms with Crippen LogP contribution in [0.15, 0.2) is 158 Å². The van der Waals surface area contributed by atoms with Gasteiger partial charge in [0.15, 0.2) is 12.2 Å². The number of benzene rings is 6.